The molecule has 0 aromatic heterocycles. The maximum atomic E-state index is 13.0. The second-order valence-electron chi connectivity index (χ2n) is 3.62. The normalized spacial score (nSPS) is 12.7. The predicted octanol–water partition coefficient (Wildman–Crippen LogP) is 1.96. The van der Waals surface area contributed by atoms with E-state index < -0.39 is 33.6 Å². The Morgan fingerprint density at radius 3 is 2.52 bits per heavy atom. The summed E-state index contributed by atoms with van der Waals surface area (Å²) >= 11 is 0. The number of rotatable bonds is 3. The topological polar surface area (TPSA) is 91.6 Å². The molecule has 0 saturated heterocycles. The van der Waals surface area contributed by atoms with Gasteiger partial charge in [-0.2, -0.15) is 26.9 Å². The minimum absolute atomic E-state index is 0.160. The van der Waals surface area contributed by atoms with E-state index in [-0.39, 0.29) is 5.69 Å². The van der Waals surface area contributed by atoms with Crippen LogP contribution in [0.4, 0.5) is 23.2 Å². The summed E-state index contributed by atoms with van der Waals surface area (Å²) in [6.07, 6.45) is -4.74. The maximum absolute atomic E-state index is 13.0. The molecule has 0 saturated carbocycles. The van der Waals surface area contributed by atoms with Gasteiger partial charge in [-0.3, -0.25) is 5.43 Å². The number of halogens is 4. The van der Waals surface area contributed by atoms with Crippen molar-refractivity contribution in [3.8, 4) is 6.07 Å². The summed E-state index contributed by atoms with van der Waals surface area (Å²) in [5, 5.41) is 11.3. The third kappa shape index (κ3) is 5.27. The maximum Gasteiger partial charge on any atom is 0.471 e. The summed E-state index contributed by atoms with van der Waals surface area (Å²) in [5.74, 6) is -2.91. The number of benzene rings is 1. The van der Waals surface area contributed by atoms with Crippen molar-refractivity contribution in [1.29, 1.82) is 5.26 Å². The monoisotopic (exact) mass is 325 g/mol. The minimum atomic E-state index is -5.16. The van der Waals surface area contributed by atoms with Crippen molar-refractivity contribution in [2.75, 3.05) is 11.7 Å². The first-order valence-corrected chi connectivity index (χ1v) is 6.84. The van der Waals surface area contributed by atoms with Gasteiger partial charge in [-0.25, -0.2) is 4.39 Å². The van der Waals surface area contributed by atoms with Crippen molar-refractivity contribution in [3.63, 3.8) is 0 Å². The molecule has 0 heterocycles. The zero-order valence-corrected chi connectivity index (χ0v) is 11.1. The first-order chi connectivity index (χ1) is 9.53. The van der Waals surface area contributed by atoms with Crippen LogP contribution in [0.5, 0.6) is 0 Å². The van der Waals surface area contributed by atoms with Gasteiger partial charge in [0.05, 0.1) is 17.5 Å². The molecule has 1 N–H and O–H groups in total. The van der Waals surface area contributed by atoms with E-state index in [4.69, 9.17) is 5.26 Å². The van der Waals surface area contributed by atoms with Crippen LogP contribution in [0.15, 0.2) is 23.3 Å². The van der Waals surface area contributed by atoms with Crippen molar-refractivity contribution < 1.29 is 30.2 Å². The highest BCUT2D eigenvalue weighted by Gasteiger charge is 2.41. The lowest BCUT2D eigenvalue weighted by Crippen LogP contribution is -2.29. The van der Waals surface area contributed by atoms with E-state index in [9.17, 15) is 26.0 Å². The van der Waals surface area contributed by atoms with E-state index in [0.29, 0.717) is 6.26 Å². The zero-order chi connectivity index (χ0) is 16.3. The number of nitrogens with zero attached hydrogens (tertiary/aromatic N) is 2. The van der Waals surface area contributed by atoms with Crippen molar-refractivity contribution in [1.82, 2.24) is 0 Å². The van der Waals surface area contributed by atoms with E-state index in [1.807, 2.05) is 5.43 Å². The molecule has 0 amide bonds. The molecule has 1 aromatic carbocycles. The van der Waals surface area contributed by atoms with Crippen LogP contribution < -0.4 is 5.43 Å². The number of alkyl halides is 3. The van der Waals surface area contributed by atoms with Gasteiger partial charge in [0.15, 0.2) is 0 Å². The molecular weight excluding hydrogens is 318 g/mol. The lowest BCUT2D eigenvalue weighted by molar-refractivity contribution is -0.0707. The average molecular weight is 325 g/mol. The van der Waals surface area contributed by atoms with Crippen molar-refractivity contribution in [2.24, 2.45) is 5.10 Å². The molecule has 0 aliphatic carbocycles. The molecule has 0 aliphatic heterocycles. The standard InChI is InChI=1S/C10H7F4N3O3S/c1-21(18,19)20-9(10(12,13)14)17-16-7-2-3-8(11)6(4-7)5-15/h2-4,16H,1H3. The Hall–Kier alpha value is -2.35. The van der Waals surface area contributed by atoms with Gasteiger partial charge in [-0.1, -0.05) is 0 Å². The van der Waals surface area contributed by atoms with Crippen LogP contribution >= 0.6 is 0 Å². The van der Waals surface area contributed by atoms with Crippen LogP contribution in [0.25, 0.3) is 0 Å². The molecule has 114 valence electrons. The molecule has 1 rings (SSSR count). The van der Waals surface area contributed by atoms with Gasteiger partial charge in [-0.15, -0.1) is 5.10 Å². The molecule has 0 bridgehead atoms. The SMILES string of the molecule is CS(=O)(=O)OC(=NNc1ccc(F)c(C#N)c1)C(F)(F)F. The fourth-order valence-electron chi connectivity index (χ4n) is 1.07. The zero-order valence-electron chi connectivity index (χ0n) is 10.3. The molecule has 0 atom stereocenters. The average Bonchev–Trinajstić information content (AvgIpc) is 2.33. The van der Waals surface area contributed by atoms with E-state index in [0.717, 1.165) is 18.2 Å². The van der Waals surface area contributed by atoms with Crippen molar-refractivity contribution >= 4 is 21.7 Å². The lowest BCUT2D eigenvalue weighted by Gasteiger charge is -2.10. The molecule has 0 fully saturated rings. The highest BCUT2D eigenvalue weighted by Crippen LogP contribution is 2.20. The van der Waals surface area contributed by atoms with Gasteiger partial charge in [0, 0.05) is 0 Å². The number of hydrogen-bond acceptors (Lipinski definition) is 6. The molecule has 0 aliphatic rings. The Kier molecular flexibility index (Phi) is 4.74. The molecule has 6 nitrogen and oxygen atoms in total. The summed E-state index contributed by atoms with van der Waals surface area (Å²) in [6.45, 7) is 0. The Morgan fingerprint density at radius 1 is 1.43 bits per heavy atom. The van der Waals surface area contributed by atoms with Crippen LogP contribution in [-0.4, -0.2) is 26.7 Å². The summed E-state index contributed by atoms with van der Waals surface area (Å²) < 4.78 is 75.6. The summed E-state index contributed by atoms with van der Waals surface area (Å²) in [6, 6.07) is 4.22. The molecule has 1 aromatic rings. The molecule has 11 heteroatoms. The van der Waals surface area contributed by atoms with Crippen molar-refractivity contribution in [2.45, 2.75) is 6.18 Å². The van der Waals surface area contributed by atoms with Gasteiger partial charge in [-0.05, 0) is 18.2 Å². The van der Waals surface area contributed by atoms with E-state index in [2.05, 4.69) is 9.28 Å². The van der Waals surface area contributed by atoms with Crippen LogP contribution in [0.2, 0.25) is 0 Å². The Morgan fingerprint density at radius 2 is 2.05 bits per heavy atom. The fraction of sp³-hybridized carbons (Fsp3) is 0.200. The number of anilines is 1. The van der Waals surface area contributed by atoms with Crippen LogP contribution in [0.3, 0.4) is 0 Å². The van der Waals surface area contributed by atoms with Gasteiger partial charge < -0.3 is 4.18 Å². The molecule has 0 radical (unpaired) electrons. The second-order valence-corrected chi connectivity index (χ2v) is 5.20. The van der Waals surface area contributed by atoms with Gasteiger partial charge >= 0.3 is 22.2 Å². The molecule has 0 unspecified atom stereocenters. The highest BCUT2D eigenvalue weighted by molar-refractivity contribution is 7.86. The quantitative estimate of drug-likeness (QED) is 0.301. The smallest absolute Gasteiger partial charge is 0.355 e. The highest BCUT2D eigenvalue weighted by atomic mass is 32.2. The Bertz CT molecular complexity index is 707. The summed E-state index contributed by atoms with van der Waals surface area (Å²) in [4.78, 5) is 0. The Labute approximate surface area is 116 Å². The lowest BCUT2D eigenvalue weighted by atomic mass is 10.2. The third-order valence-electron chi connectivity index (χ3n) is 1.85. The first-order valence-electron chi connectivity index (χ1n) is 5.03. The number of nitrogens with one attached hydrogen (secondary N) is 1. The van der Waals surface area contributed by atoms with Gasteiger partial charge in [0.25, 0.3) is 0 Å². The van der Waals surface area contributed by atoms with Gasteiger partial charge in [0.2, 0.25) is 0 Å². The van der Waals surface area contributed by atoms with Crippen LogP contribution in [0, 0.1) is 17.1 Å². The number of hydrogen-bond donors (Lipinski definition) is 1. The fourth-order valence-corrected chi connectivity index (χ4v) is 1.49. The molecule has 21 heavy (non-hydrogen) atoms. The second kappa shape index (κ2) is 5.96. The predicted molar refractivity (Wildman–Crippen MR) is 64.2 cm³/mol. The van der Waals surface area contributed by atoms with Crippen molar-refractivity contribution in [3.05, 3.63) is 29.6 Å². The number of nitriles is 1. The molecular formula is C10H7F4N3O3S. The third-order valence-corrected chi connectivity index (χ3v) is 2.31. The van der Waals surface area contributed by atoms with E-state index in [1.54, 1.807) is 0 Å². The summed E-state index contributed by atoms with van der Waals surface area (Å²) in [5.41, 5.74) is 1.25. The molecule has 0 spiro atoms. The number of hydrazone groups is 1. The van der Waals surface area contributed by atoms with Crippen LogP contribution in [-0.2, 0) is 14.3 Å². The largest absolute Gasteiger partial charge is 0.471 e. The van der Waals surface area contributed by atoms with Gasteiger partial charge in [0.1, 0.15) is 11.9 Å². The Balaban J connectivity index is 3.06. The first kappa shape index (κ1) is 16.7. The summed E-state index contributed by atoms with van der Waals surface area (Å²) in [7, 11) is -4.43. The minimum Gasteiger partial charge on any atom is -0.355 e. The van der Waals surface area contributed by atoms with E-state index >= 15 is 0 Å². The van der Waals surface area contributed by atoms with E-state index in [1.165, 1.54) is 6.07 Å². The van der Waals surface area contributed by atoms with Crippen LogP contribution in [0.1, 0.15) is 5.56 Å².